The van der Waals surface area contributed by atoms with Crippen LogP contribution in [-0.2, 0) is 10.0 Å². The number of nitrogens with zero attached hydrogens (tertiary/aromatic N) is 2. The van der Waals surface area contributed by atoms with Crippen LogP contribution in [0.4, 0.5) is 5.69 Å². The molecule has 36 heavy (non-hydrogen) atoms. The summed E-state index contributed by atoms with van der Waals surface area (Å²) in [6.45, 7) is 5.13. The maximum atomic E-state index is 13.2. The molecule has 2 aromatic carbocycles. The number of halogens is 1. The minimum Gasteiger partial charge on any atom is -0.476 e. The molecule has 0 radical (unpaired) electrons. The van der Waals surface area contributed by atoms with Crippen molar-refractivity contribution in [3.05, 3.63) is 64.3 Å². The predicted octanol–water partition coefficient (Wildman–Crippen LogP) is 4.61. The molecule has 4 rings (SSSR count). The first-order valence-corrected chi connectivity index (χ1v) is 13.1. The molecule has 0 saturated heterocycles. The smallest absolute Gasteiger partial charge is 0.356 e. The molecule has 0 atom stereocenters. The first-order valence-electron chi connectivity index (χ1n) is 11.2. The SMILES string of the molecule is Cc1c(C(=O)O)nn(C(C)C)c1Oc1ccc(NC(=O)c2ccccc2Cl)cc1S(=O)(=O)NC1CC1. The van der Waals surface area contributed by atoms with Gasteiger partial charge in [0.05, 0.1) is 16.6 Å². The number of amides is 1. The lowest BCUT2D eigenvalue weighted by molar-refractivity contribution is 0.0688. The van der Waals surface area contributed by atoms with Crippen molar-refractivity contribution >= 4 is 39.2 Å². The zero-order valence-corrected chi connectivity index (χ0v) is 21.4. The fraction of sp³-hybridized carbons (Fsp3) is 0.292. The highest BCUT2D eigenvalue weighted by Crippen LogP contribution is 2.36. The van der Waals surface area contributed by atoms with Crippen molar-refractivity contribution in [1.29, 1.82) is 0 Å². The second-order valence-electron chi connectivity index (χ2n) is 8.72. The van der Waals surface area contributed by atoms with E-state index < -0.39 is 21.9 Å². The van der Waals surface area contributed by atoms with Gasteiger partial charge in [-0.25, -0.2) is 22.6 Å². The fourth-order valence-corrected chi connectivity index (χ4v) is 5.17. The van der Waals surface area contributed by atoms with Gasteiger partial charge in [-0.2, -0.15) is 5.10 Å². The third-order valence-corrected chi connectivity index (χ3v) is 7.37. The van der Waals surface area contributed by atoms with Crippen LogP contribution in [-0.4, -0.2) is 41.2 Å². The minimum atomic E-state index is -4.03. The van der Waals surface area contributed by atoms with E-state index in [2.05, 4.69) is 15.1 Å². The molecule has 1 aliphatic carbocycles. The Bertz CT molecular complexity index is 1450. The van der Waals surface area contributed by atoms with E-state index in [1.54, 1.807) is 45.0 Å². The lowest BCUT2D eigenvalue weighted by atomic mass is 10.2. The number of rotatable bonds is 9. The monoisotopic (exact) mass is 532 g/mol. The number of carboxylic acids is 1. The number of hydrogen-bond donors (Lipinski definition) is 3. The number of aromatic carboxylic acids is 1. The van der Waals surface area contributed by atoms with Crippen LogP contribution < -0.4 is 14.8 Å². The highest BCUT2D eigenvalue weighted by molar-refractivity contribution is 7.89. The molecular formula is C24H25ClN4O6S. The summed E-state index contributed by atoms with van der Waals surface area (Å²) in [4.78, 5) is 24.1. The quantitative estimate of drug-likeness (QED) is 0.365. The van der Waals surface area contributed by atoms with E-state index in [0.29, 0.717) is 0 Å². The first-order chi connectivity index (χ1) is 17.0. The van der Waals surface area contributed by atoms with Crippen molar-refractivity contribution in [1.82, 2.24) is 14.5 Å². The zero-order chi connectivity index (χ0) is 26.2. The number of carboxylic acid groups (broad SMARTS) is 1. The lowest BCUT2D eigenvalue weighted by Crippen LogP contribution is -2.26. The maximum Gasteiger partial charge on any atom is 0.356 e. The maximum absolute atomic E-state index is 13.2. The van der Waals surface area contributed by atoms with Crippen LogP contribution in [0.25, 0.3) is 0 Å². The van der Waals surface area contributed by atoms with Crippen molar-refractivity contribution in [3.8, 4) is 11.6 Å². The van der Waals surface area contributed by atoms with Crippen LogP contribution in [0.2, 0.25) is 5.02 Å². The van der Waals surface area contributed by atoms with Crippen molar-refractivity contribution in [2.45, 2.75) is 50.6 Å². The van der Waals surface area contributed by atoms with Gasteiger partial charge in [0.2, 0.25) is 15.9 Å². The van der Waals surface area contributed by atoms with Gasteiger partial charge >= 0.3 is 5.97 Å². The Labute approximate surface area is 213 Å². The Hall–Kier alpha value is -3.41. The average molecular weight is 533 g/mol. The Morgan fingerprint density at radius 2 is 1.89 bits per heavy atom. The third-order valence-electron chi connectivity index (χ3n) is 5.50. The van der Waals surface area contributed by atoms with E-state index in [1.165, 1.54) is 22.9 Å². The van der Waals surface area contributed by atoms with Gasteiger partial charge in [-0.3, -0.25) is 4.79 Å². The second-order valence-corrected chi connectivity index (χ2v) is 10.8. The van der Waals surface area contributed by atoms with E-state index in [-0.39, 0.29) is 56.1 Å². The summed E-state index contributed by atoms with van der Waals surface area (Å²) in [6, 6.07) is 10.2. The van der Waals surface area contributed by atoms with Crippen LogP contribution in [0.1, 0.15) is 59.1 Å². The standard InChI is InChI=1S/C24H25ClN4O6S/c1-13(2)29-23(14(3)21(27-29)24(31)32)35-19-11-10-16(12-20(19)36(33,34)28-15-8-9-15)26-22(30)17-6-4-5-7-18(17)25/h4-7,10-13,15,28H,8-9H2,1-3H3,(H,26,30)(H,31,32). The molecule has 1 fully saturated rings. The van der Waals surface area contributed by atoms with Gasteiger partial charge in [0, 0.05) is 17.3 Å². The number of carbonyl (C=O) groups excluding carboxylic acids is 1. The Morgan fingerprint density at radius 1 is 1.19 bits per heavy atom. The molecule has 0 bridgehead atoms. The summed E-state index contributed by atoms with van der Waals surface area (Å²) in [5.41, 5.74) is 0.509. The first kappa shape index (κ1) is 25.7. The lowest BCUT2D eigenvalue weighted by Gasteiger charge is -2.17. The second kappa shape index (κ2) is 9.92. The van der Waals surface area contributed by atoms with Crippen LogP contribution in [0.15, 0.2) is 47.4 Å². The summed E-state index contributed by atoms with van der Waals surface area (Å²) < 4.78 is 36.5. The number of hydrogen-bond acceptors (Lipinski definition) is 6. The molecule has 12 heteroatoms. The molecule has 10 nitrogen and oxygen atoms in total. The summed E-state index contributed by atoms with van der Waals surface area (Å²) >= 11 is 6.11. The molecule has 1 aliphatic rings. The topological polar surface area (TPSA) is 140 Å². The Balaban J connectivity index is 1.75. The predicted molar refractivity (Wildman–Crippen MR) is 134 cm³/mol. The van der Waals surface area contributed by atoms with Gasteiger partial charge < -0.3 is 15.2 Å². The molecule has 190 valence electrons. The number of aromatic nitrogens is 2. The highest BCUT2D eigenvalue weighted by atomic mass is 35.5. The van der Waals surface area contributed by atoms with E-state index in [4.69, 9.17) is 16.3 Å². The number of benzene rings is 2. The van der Waals surface area contributed by atoms with Crippen molar-refractivity contribution in [2.24, 2.45) is 0 Å². The normalized spacial score (nSPS) is 13.6. The molecule has 0 spiro atoms. The summed E-state index contributed by atoms with van der Waals surface area (Å²) in [5.74, 6) is -1.66. The van der Waals surface area contributed by atoms with Crippen LogP contribution in [0.5, 0.6) is 11.6 Å². The van der Waals surface area contributed by atoms with Crippen molar-refractivity contribution in [3.63, 3.8) is 0 Å². The minimum absolute atomic E-state index is 0.0410. The summed E-state index contributed by atoms with van der Waals surface area (Å²) in [5, 5.41) is 16.5. The molecular weight excluding hydrogens is 508 g/mol. The van der Waals surface area contributed by atoms with Crippen LogP contribution in [0, 0.1) is 6.92 Å². The van der Waals surface area contributed by atoms with Gasteiger partial charge in [0.1, 0.15) is 10.6 Å². The fourth-order valence-electron chi connectivity index (χ4n) is 3.49. The van der Waals surface area contributed by atoms with Crippen molar-refractivity contribution in [2.75, 3.05) is 5.32 Å². The number of ether oxygens (including phenoxy) is 1. The summed E-state index contributed by atoms with van der Waals surface area (Å²) in [7, 11) is -4.03. The third kappa shape index (κ3) is 5.38. The van der Waals surface area contributed by atoms with E-state index >= 15 is 0 Å². The van der Waals surface area contributed by atoms with Gasteiger partial charge in [-0.1, -0.05) is 23.7 Å². The van der Waals surface area contributed by atoms with Gasteiger partial charge in [0.25, 0.3) is 5.91 Å². The number of sulfonamides is 1. The van der Waals surface area contributed by atoms with E-state index in [0.717, 1.165) is 12.8 Å². The largest absolute Gasteiger partial charge is 0.476 e. The average Bonchev–Trinajstić information content (AvgIpc) is 3.55. The summed E-state index contributed by atoms with van der Waals surface area (Å²) in [6.07, 6.45) is 1.44. The molecule has 1 heterocycles. The van der Waals surface area contributed by atoms with E-state index in [9.17, 15) is 23.1 Å². The molecule has 0 unspecified atom stereocenters. The van der Waals surface area contributed by atoms with E-state index in [1.807, 2.05) is 0 Å². The number of carbonyl (C=O) groups is 2. The Kier molecular flexibility index (Phi) is 7.07. The van der Waals surface area contributed by atoms with Crippen LogP contribution in [0.3, 0.4) is 0 Å². The van der Waals surface area contributed by atoms with Gasteiger partial charge in [-0.05, 0) is 63.9 Å². The molecule has 1 saturated carbocycles. The van der Waals surface area contributed by atoms with Crippen LogP contribution >= 0.6 is 11.6 Å². The molecule has 1 aromatic heterocycles. The molecule has 0 aliphatic heterocycles. The van der Waals surface area contributed by atoms with Gasteiger partial charge in [0.15, 0.2) is 5.69 Å². The number of anilines is 1. The molecule has 3 aromatic rings. The molecule has 1 amide bonds. The van der Waals surface area contributed by atoms with Gasteiger partial charge in [-0.15, -0.1) is 0 Å². The highest BCUT2D eigenvalue weighted by Gasteiger charge is 2.31. The molecule has 3 N–H and O–H groups in total. The Morgan fingerprint density at radius 3 is 2.50 bits per heavy atom. The van der Waals surface area contributed by atoms with Crippen molar-refractivity contribution < 1.29 is 27.9 Å². The zero-order valence-electron chi connectivity index (χ0n) is 19.8. The number of nitrogens with one attached hydrogen (secondary N) is 2.